The molecule has 0 spiro atoms. The smallest absolute Gasteiger partial charge is 0.315 e. The molecule has 2 amide bonds. The van der Waals surface area contributed by atoms with Crippen molar-refractivity contribution in [1.29, 1.82) is 0 Å². The summed E-state index contributed by atoms with van der Waals surface area (Å²) in [6.07, 6.45) is 1.67. The number of likely N-dealkylation sites (tertiary alicyclic amines) is 1. The van der Waals surface area contributed by atoms with E-state index in [1.807, 2.05) is 23.1 Å². The number of hydrogen-bond acceptors (Lipinski definition) is 3. The Balaban J connectivity index is 1.76. The highest BCUT2D eigenvalue weighted by molar-refractivity contribution is 7.10. The molecule has 1 aliphatic heterocycles. The van der Waals surface area contributed by atoms with Crippen LogP contribution in [0.15, 0.2) is 41.9 Å². The first kappa shape index (κ1) is 13.1. The number of urea groups is 1. The van der Waals surface area contributed by atoms with Crippen molar-refractivity contribution in [3.63, 3.8) is 0 Å². The first-order chi connectivity index (χ1) is 9.58. The van der Waals surface area contributed by atoms with Crippen molar-refractivity contribution >= 4 is 23.2 Å². The van der Waals surface area contributed by atoms with Gasteiger partial charge in [0.1, 0.15) is 5.82 Å². The van der Waals surface area contributed by atoms with E-state index in [2.05, 4.69) is 35.6 Å². The Kier molecular flexibility index (Phi) is 3.22. The number of carbonyl (C=O) groups excluding carboxylic acids is 1. The topological polar surface area (TPSA) is 45.2 Å². The SMILES string of the molecule is CC1(C)CN(C(=O)Nc2ccccn2)C1c1cccs1. The standard InChI is InChI=1S/C15H17N3OS/c1-15(2)10-18(13(15)11-6-5-9-20-11)14(19)17-12-7-3-4-8-16-12/h3-9,13H,10H2,1-2H3,(H,16,17,19). The molecular formula is C15H17N3OS. The van der Waals surface area contributed by atoms with Crippen molar-refractivity contribution < 1.29 is 4.79 Å². The second-order valence-electron chi connectivity index (χ2n) is 5.68. The summed E-state index contributed by atoms with van der Waals surface area (Å²) < 4.78 is 0. The number of aromatic nitrogens is 1. The van der Waals surface area contributed by atoms with Crippen molar-refractivity contribution in [3.8, 4) is 0 Å². The predicted molar refractivity (Wildman–Crippen MR) is 80.8 cm³/mol. The Morgan fingerprint density at radius 1 is 1.40 bits per heavy atom. The average Bonchev–Trinajstić information content (AvgIpc) is 2.90. The molecule has 1 N–H and O–H groups in total. The lowest BCUT2D eigenvalue weighted by Gasteiger charge is -2.53. The summed E-state index contributed by atoms with van der Waals surface area (Å²) in [7, 11) is 0. The number of pyridine rings is 1. The molecule has 0 aliphatic carbocycles. The third-order valence-electron chi connectivity index (χ3n) is 3.60. The maximum Gasteiger partial charge on any atom is 0.323 e. The van der Waals surface area contributed by atoms with Crippen molar-refractivity contribution in [2.75, 3.05) is 11.9 Å². The van der Waals surface area contributed by atoms with Crippen LogP contribution in [0.3, 0.4) is 0 Å². The van der Waals surface area contributed by atoms with Crippen molar-refractivity contribution in [2.45, 2.75) is 19.9 Å². The zero-order chi connectivity index (χ0) is 14.2. The molecule has 0 saturated carbocycles. The highest BCUT2D eigenvalue weighted by Crippen LogP contribution is 2.49. The molecule has 1 unspecified atom stereocenters. The Hall–Kier alpha value is -1.88. The summed E-state index contributed by atoms with van der Waals surface area (Å²) in [5.74, 6) is 0.590. The highest BCUT2D eigenvalue weighted by atomic mass is 32.1. The van der Waals surface area contributed by atoms with Crippen LogP contribution in [0.4, 0.5) is 10.6 Å². The van der Waals surface area contributed by atoms with Crippen LogP contribution in [-0.2, 0) is 0 Å². The van der Waals surface area contributed by atoms with E-state index in [4.69, 9.17) is 0 Å². The molecule has 1 fully saturated rings. The fourth-order valence-electron chi connectivity index (χ4n) is 2.72. The molecule has 3 rings (SSSR count). The molecule has 2 aromatic heterocycles. The first-order valence-corrected chi connectivity index (χ1v) is 7.48. The fraction of sp³-hybridized carbons (Fsp3) is 0.333. The van der Waals surface area contributed by atoms with E-state index >= 15 is 0 Å². The molecular weight excluding hydrogens is 270 g/mol. The molecule has 5 heteroatoms. The average molecular weight is 287 g/mol. The second kappa shape index (κ2) is 4.90. The molecule has 0 aromatic carbocycles. The molecule has 104 valence electrons. The summed E-state index contributed by atoms with van der Waals surface area (Å²) in [6.45, 7) is 5.15. The van der Waals surface area contributed by atoms with Crippen molar-refractivity contribution in [3.05, 3.63) is 46.8 Å². The molecule has 4 nitrogen and oxygen atoms in total. The molecule has 0 radical (unpaired) electrons. The summed E-state index contributed by atoms with van der Waals surface area (Å²) in [5, 5.41) is 4.91. The first-order valence-electron chi connectivity index (χ1n) is 6.60. The van der Waals surface area contributed by atoms with Crippen LogP contribution in [0.25, 0.3) is 0 Å². The molecule has 3 heterocycles. The maximum absolute atomic E-state index is 12.4. The van der Waals surface area contributed by atoms with Crippen molar-refractivity contribution in [2.24, 2.45) is 5.41 Å². The van der Waals surface area contributed by atoms with Crippen LogP contribution in [0.5, 0.6) is 0 Å². The predicted octanol–water partition coefficient (Wildman–Crippen LogP) is 3.76. The highest BCUT2D eigenvalue weighted by Gasteiger charge is 2.49. The Bertz CT molecular complexity index is 595. The molecule has 1 saturated heterocycles. The summed E-state index contributed by atoms with van der Waals surface area (Å²) in [5.41, 5.74) is 0.117. The summed E-state index contributed by atoms with van der Waals surface area (Å²) in [4.78, 5) is 19.6. The van der Waals surface area contributed by atoms with E-state index in [0.29, 0.717) is 5.82 Å². The Morgan fingerprint density at radius 2 is 2.25 bits per heavy atom. The van der Waals surface area contributed by atoms with Crippen LogP contribution in [-0.4, -0.2) is 22.5 Å². The van der Waals surface area contributed by atoms with E-state index in [-0.39, 0.29) is 17.5 Å². The van der Waals surface area contributed by atoms with Gasteiger partial charge in [-0.2, -0.15) is 0 Å². The van der Waals surface area contributed by atoms with Crippen LogP contribution in [0, 0.1) is 5.41 Å². The lowest BCUT2D eigenvalue weighted by molar-refractivity contribution is -0.00935. The monoisotopic (exact) mass is 287 g/mol. The van der Waals surface area contributed by atoms with Gasteiger partial charge in [0.05, 0.1) is 6.04 Å². The van der Waals surface area contributed by atoms with E-state index < -0.39 is 0 Å². The minimum atomic E-state index is -0.0820. The molecule has 1 atom stereocenters. The van der Waals surface area contributed by atoms with Gasteiger partial charge < -0.3 is 4.90 Å². The number of amides is 2. The number of thiophene rings is 1. The minimum Gasteiger partial charge on any atom is -0.315 e. The van der Waals surface area contributed by atoms with Gasteiger partial charge in [-0.15, -0.1) is 11.3 Å². The van der Waals surface area contributed by atoms with E-state index in [9.17, 15) is 4.79 Å². The zero-order valence-corrected chi connectivity index (χ0v) is 12.4. The van der Waals surface area contributed by atoms with Gasteiger partial charge in [0.15, 0.2) is 0 Å². The summed E-state index contributed by atoms with van der Waals surface area (Å²) >= 11 is 1.70. The number of nitrogens with zero attached hydrogens (tertiary/aromatic N) is 2. The molecule has 2 aromatic rings. The van der Waals surface area contributed by atoms with Gasteiger partial charge in [0.25, 0.3) is 0 Å². The van der Waals surface area contributed by atoms with E-state index in [1.165, 1.54) is 4.88 Å². The lowest BCUT2D eigenvalue weighted by Crippen LogP contribution is -2.58. The maximum atomic E-state index is 12.4. The van der Waals surface area contributed by atoms with Crippen LogP contribution >= 0.6 is 11.3 Å². The van der Waals surface area contributed by atoms with Crippen LogP contribution in [0.2, 0.25) is 0 Å². The van der Waals surface area contributed by atoms with E-state index in [0.717, 1.165) is 6.54 Å². The zero-order valence-electron chi connectivity index (χ0n) is 11.5. The largest absolute Gasteiger partial charge is 0.323 e. The van der Waals surface area contributed by atoms with Gasteiger partial charge in [0.2, 0.25) is 0 Å². The molecule has 0 bridgehead atoms. The number of carbonyl (C=O) groups is 1. The van der Waals surface area contributed by atoms with Crippen LogP contribution < -0.4 is 5.32 Å². The number of hydrogen-bond donors (Lipinski definition) is 1. The second-order valence-corrected chi connectivity index (χ2v) is 6.66. The Morgan fingerprint density at radius 3 is 2.85 bits per heavy atom. The molecule has 20 heavy (non-hydrogen) atoms. The van der Waals surface area contributed by atoms with Gasteiger partial charge in [-0.25, -0.2) is 9.78 Å². The third-order valence-corrected chi connectivity index (χ3v) is 4.53. The number of nitrogens with one attached hydrogen (secondary N) is 1. The van der Waals surface area contributed by atoms with Gasteiger partial charge in [-0.3, -0.25) is 5.32 Å². The van der Waals surface area contributed by atoms with Gasteiger partial charge in [0, 0.05) is 23.0 Å². The van der Waals surface area contributed by atoms with Gasteiger partial charge >= 0.3 is 6.03 Å². The number of anilines is 1. The Labute approximate surface area is 122 Å². The molecule has 1 aliphatic rings. The quantitative estimate of drug-likeness (QED) is 0.914. The van der Waals surface area contributed by atoms with E-state index in [1.54, 1.807) is 23.6 Å². The lowest BCUT2D eigenvalue weighted by atomic mass is 9.74. The van der Waals surface area contributed by atoms with Crippen LogP contribution in [0.1, 0.15) is 24.8 Å². The van der Waals surface area contributed by atoms with Gasteiger partial charge in [-0.1, -0.05) is 26.0 Å². The minimum absolute atomic E-state index is 0.0820. The van der Waals surface area contributed by atoms with Gasteiger partial charge in [-0.05, 0) is 23.6 Å². The summed E-state index contributed by atoms with van der Waals surface area (Å²) in [6, 6.07) is 9.67. The number of rotatable bonds is 2. The third kappa shape index (κ3) is 2.29. The fourth-order valence-corrected chi connectivity index (χ4v) is 3.77. The normalized spacial score (nSPS) is 20.3. The van der Waals surface area contributed by atoms with Crippen molar-refractivity contribution in [1.82, 2.24) is 9.88 Å².